The van der Waals surface area contributed by atoms with E-state index in [1.54, 1.807) is 6.92 Å². The first-order chi connectivity index (χ1) is 12.3. The first-order valence-corrected chi connectivity index (χ1v) is 8.80. The molecule has 26 heavy (non-hydrogen) atoms. The molecule has 3 heterocycles. The molecule has 0 spiro atoms. The quantitative estimate of drug-likeness (QED) is 0.737. The van der Waals surface area contributed by atoms with E-state index >= 15 is 0 Å². The molecule has 8 heteroatoms. The molecule has 2 aromatic heterocycles. The number of rotatable bonds is 5. The first kappa shape index (κ1) is 18.2. The maximum Gasteiger partial charge on any atom is 0.267 e. The molecule has 140 valence electrons. The van der Waals surface area contributed by atoms with E-state index in [0.717, 1.165) is 18.7 Å². The number of aromatic amines is 2. The Hall–Kier alpha value is -2.61. The lowest BCUT2D eigenvalue weighted by Crippen LogP contribution is -2.37. The Balaban J connectivity index is 1.65. The van der Waals surface area contributed by atoms with E-state index in [9.17, 15) is 9.59 Å². The Labute approximate surface area is 152 Å². The Morgan fingerprint density at radius 1 is 1.38 bits per heavy atom. The van der Waals surface area contributed by atoms with Gasteiger partial charge in [0.05, 0.1) is 0 Å². The number of amides is 1. The molecule has 8 nitrogen and oxygen atoms in total. The van der Waals surface area contributed by atoms with Crippen LogP contribution in [-0.4, -0.2) is 58.5 Å². The number of aryl methyl sites for hydroxylation is 1. The van der Waals surface area contributed by atoms with Crippen LogP contribution in [-0.2, 0) is 6.54 Å². The maximum atomic E-state index is 12.5. The fraction of sp³-hybridized carbons (Fsp3) is 0.500. The maximum absolute atomic E-state index is 12.5. The molecular formula is C18H26N6O2. The van der Waals surface area contributed by atoms with Crippen molar-refractivity contribution in [3.8, 4) is 0 Å². The lowest BCUT2D eigenvalue weighted by atomic mass is 10.2. The van der Waals surface area contributed by atoms with Gasteiger partial charge in [0, 0.05) is 36.9 Å². The summed E-state index contributed by atoms with van der Waals surface area (Å²) in [4.78, 5) is 38.6. The third-order valence-corrected chi connectivity index (χ3v) is 4.53. The van der Waals surface area contributed by atoms with E-state index in [2.05, 4.69) is 32.1 Å². The van der Waals surface area contributed by atoms with Crippen LogP contribution in [0.1, 0.15) is 35.4 Å². The van der Waals surface area contributed by atoms with Crippen LogP contribution in [0.5, 0.6) is 0 Å². The number of nitrogens with zero attached hydrogens (tertiary/aromatic N) is 3. The predicted octanol–water partition coefficient (Wildman–Crippen LogP) is 0.865. The van der Waals surface area contributed by atoms with E-state index < -0.39 is 0 Å². The van der Waals surface area contributed by atoms with Crippen molar-refractivity contribution in [2.24, 2.45) is 0 Å². The van der Waals surface area contributed by atoms with Gasteiger partial charge in [-0.15, -0.1) is 0 Å². The number of carbonyl (C=O) groups is 1. The smallest absolute Gasteiger partial charge is 0.267 e. The van der Waals surface area contributed by atoms with Crippen molar-refractivity contribution in [1.82, 2.24) is 25.2 Å². The van der Waals surface area contributed by atoms with Crippen LogP contribution in [0.15, 0.2) is 23.0 Å². The van der Waals surface area contributed by atoms with Crippen LogP contribution < -0.4 is 15.8 Å². The van der Waals surface area contributed by atoms with E-state index in [0.29, 0.717) is 23.9 Å². The van der Waals surface area contributed by atoms with Gasteiger partial charge in [0.15, 0.2) is 0 Å². The van der Waals surface area contributed by atoms with E-state index in [4.69, 9.17) is 0 Å². The minimum absolute atomic E-state index is 0.0134. The van der Waals surface area contributed by atoms with E-state index in [1.165, 1.54) is 6.07 Å². The van der Waals surface area contributed by atoms with Gasteiger partial charge in [-0.1, -0.05) is 0 Å². The average molecular weight is 358 g/mol. The van der Waals surface area contributed by atoms with Gasteiger partial charge in [-0.25, -0.2) is 4.98 Å². The van der Waals surface area contributed by atoms with Gasteiger partial charge in [-0.2, -0.15) is 0 Å². The highest BCUT2D eigenvalue weighted by atomic mass is 16.2. The molecule has 0 radical (unpaired) electrons. The zero-order valence-corrected chi connectivity index (χ0v) is 15.7. The van der Waals surface area contributed by atoms with Crippen molar-refractivity contribution in [2.75, 3.05) is 25.5 Å². The monoisotopic (exact) mass is 358 g/mol. The average Bonchev–Trinajstić information content (AvgIpc) is 3.12. The highest BCUT2D eigenvalue weighted by Gasteiger charge is 2.31. The highest BCUT2D eigenvalue weighted by Crippen LogP contribution is 2.23. The second-order valence-corrected chi connectivity index (χ2v) is 7.23. The van der Waals surface area contributed by atoms with Crippen molar-refractivity contribution in [2.45, 2.75) is 38.9 Å². The summed E-state index contributed by atoms with van der Waals surface area (Å²) in [5, 5.41) is 3.08. The standard InChI is InChI=1S/C18H26N6O2/c1-11-7-14(10-24(11)16-8-17(25)20-12(2)19-16)22-18(26)15-6-5-13(21-15)9-23(3)4/h5-6,8,11,14,21H,7,9-10H2,1-4H3,(H,22,26)(H,19,20,25). The first-order valence-electron chi connectivity index (χ1n) is 8.80. The van der Waals surface area contributed by atoms with Gasteiger partial charge < -0.3 is 25.1 Å². The van der Waals surface area contributed by atoms with E-state index in [1.807, 2.05) is 31.1 Å². The fourth-order valence-corrected chi connectivity index (χ4v) is 3.43. The second kappa shape index (κ2) is 7.33. The van der Waals surface area contributed by atoms with Gasteiger partial charge in [0.1, 0.15) is 17.3 Å². The summed E-state index contributed by atoms with van der Waals surface area (Å²) < 4.78 is 0. The normalized spacial score (nSPS) is 20.0. The number of hydrogen-bond donors (Lipinski definition) is 3. The SMILES string of the molecule is Cc1nc(N2CC(NC(=O)c3ccc(CN(C)C)[nH]3)CC2C)cc(=O)[nH]1. The number of carbonyl (C=O) groups excluding carboxylic acids is 1. The highest BCUT2D eigenvalue weighted by molar-refractivity contribution is 5.92. The minimum atomic E-state index is -0.160. The Morgan fingerprint density at radius 3 is 2.85 bits per heavy atom. The van der Waals surface area contributed by atoms with Crippen LogP contribution in [0.2, 0.25) is 0 Å². The van der Waals surface area contributed by atoms with Crippen molar-refractivity contribution in [1.29, 1.82) is 0 Å². The summed E-state index contributed by atoms with van der Waals surface area (Å²) in [5.74, 6) is 1.14. The molecule has 2 unspecified atom stereocenters. The summed E-state index contributed by atoms with van der Waals surface area (Å²) in [6.45, 7) is 5.23. The second-order valence-electron chi connectivity index (χ2n) is 7.23. The molecule has 2 atom stereocenters. The molecule has 1 amide bonds. The number of nitrogens with one attached hydrogen (secondary N) is 3. The molecule has 0 saturated carbocycles. The molecular weight excluding hydrogens is 332 g/mol. The third-order valence-electron chi connectivity index (χ3n) is 4.53. The van der Waals surface area contributed by atoms with Crippen LogP contribution in [0, 0.1) is 6.92 Å². The zero-order valence-electron chi connectivity index (χ0n) is 15.7. The molecule has 0 aliphatic carbocycles. The molecule has 0 aromatic carbocycles. The molecule has 3 N–H and O–H groups in total. The Kier molecular flexibility index (Phi) is 5.13. The summed E-state index contributed by atoms with van der Waals surface area (Å²) in [5.41, 5.74) is 1.41. The fourth-order valence-electron chi connectivity index (χ4n) is 3.43. The molecule has 0 bridgehead atoms. The number of H-pyrrole nitrogens is 2. The molecule has 1 aliphatic rings. The van der Waals surface area contributed by atoms with Crippen LogP contribution in [0.4, 0.5) is 5.82 Å². The molecule has 3 rings (SSSR count). The van der Waals surface area contributed by atoms with Gasteiger partial charge >= 0.3 is 0 Å². The van der Waals surface area contributed by atoms with Crippen molar-refractivity contribution in [3.63, 3.8) is 0 Å². The number of aromatic nitrogens is 3. The van der Waals surface area contributed by atoms with Crippen LogP contribution in [0.25, 0.3) is 0 Å². The Morgan fingerprint density at radius 2 is 2.15 bits per heavy atom. The van der Waals surface area contributed by atoms with E-state index in [-0.39, 0.29) is 23.6 Å². The molecule has 1 aliphatic heterocycles. The summed E-state index contributed by atoms with van der Waals surface area (Å²) in [6.07, 6.45) is 0.810. The van der Waals surface area contributed by atoms with Crippen LogP contribution >= 0.6 is 0 Å². The number of anilines is 1. The largest absolute Gasteiger partial charge is 0.353 e. The summed E-state index contributed by atoms with van der Waals surface area (Å²) >= 11 is 0. The molecule has 2 aromatic rings. The van der Waals surface area contributed by atoms with Gasteiger partial charge in [0.2, 0.25) is 0 Å². The summed E-state index contributed by atoms with van der Waals surface area (Å²) in [7, 11) is 3.97. The van der Waals surface area contributed by atoms with Gasteiger partial charge in [-0.3, -0.25) is 9.59 Å². The zero-order chi connectivity index (χ0) is 18.8. The minimum Gasteiger partial charge on any atom is -0.353 e. The van der Waals surface area contributed by atoms with Gasteiger partial charge in [0.25, 0.3) is 11.5 Å². The van der Waals surface area contributed by atoms with Gasteiger partial charge in [-0.05, 0) is 46.5 Å². The molecule has 1 saturated heterocycles. The topological polar surface area (TPSA) is 97.1 Å². The van der Waals surface area contributed by atoms with Crippen LogP contribution in [0.3, 0.4) is 0 Å². The predicted molar refractivity (Wildman–Crippen MR) is 100 cm³/mol. The lowest BCUT2D eigenvalue weighted by molar-refractivity contribution is 0.0935. The molecule has 1 fully saturated rings. The third kappa shape index (κ3) is 4.13. The Bertz CT molecular complexity index is 840. The lowest BCUT2D eigenvalue weighted by Gasteiger charge is -2.22. The van der Waals surface area contributed by atoms with Crippen molar-refractivity contribution < 1.29 is 4.79 Å². The number of hydrogen-bond acceptors (Lipinski definition) is 5. The van der Waals surface area contributed by atoms with Crippen molar-refractivity contribution in [3.05, 3.63) is 45.8 Å². The summed E-state index contributed by atoms with van der Waals surface area (Å²) in [6, 6.07) is 5.46. The van der Waals surface area contributed by atoms with Crippen molar-refractivity contribution >= 4 is 11.7 Å².